The second kappa shape index (κ2) is 6.71. The van der Waals surface area contributed by atoms with Gasteiger partial charge in [0, 0.05) is 19.1 Å². The number of likely N-dealkylation sites (tertiary alicyclic amines) is 1. The SMILES string of the molecule is CCNC1CCN(C(=O)C2COC(C)C2)CC1CC. The lowest BCUT2D eigenvalue weighted by atomic mass is 9.89. The van der Waals surface area contributed by atoms with Crippen LogP contribution in [0.25, 0.3) is 0 Å². The molecule has 0 aromatic carbocycles. The van der Waals surface area contributed by atoms with Crippen molar-refractivity contribution in [1.82, 2.24) is 10.2 Å². The first kappa shape index (κ1) is 14.8. The Morgan fingerprint density at radius 3 is 2.79 bits per heavy atom. The molecule has 0 saturated carbocycles. The van der Waals surface area contributed by atoms with Gasteiger partial charge in [-0.05, 0) is 32.2 Å². The van der Waals surface area contributed by atoms with Gasteiger partial charge >= 0.3 is 0 Å². The first-order valence-electron chi connectivity index (χ1n) is 7.79. The Kier molecular flexibility index (Phi) is 5.22. The molecule has 2 aliphatic rings. The molecule has 0 aromatic heterocycles. The number of amides is 1. The van der Waals surface area contributed by atoms with Crippen molar-refractivity contribution in [3.05, 3.63) is 0 Å². The van der Waals surface area contributed by atoms with Crippen LogP contribution in [0.3, 0.4) is 0 Å². The minimum absolute atomic E-state index is 0.100. The topological polar surface area (TPSA) is 41.6 Å². The number of rotatable bonds is 4. The molecular formula is C15H28N2O2. The fourth-order valence-corrected chi connectivity index (χ4v) is 3.42. The summed E-state index contributed by atoms with van der Waals surface area (Å²) in [6.07, 6.45) is 3.36. The molecule has 1 amide bonds. The predicted molar refractivity (Wildman–Crippen MR) is 76.0 cm³/mol. The number of hydrogen-bond donors (Lipinski definition) is 1. The van der Waals surface area contributed by atoms with Crippen LogP contribution in [0, 0.1) is 11.8 Å². The highest BCUT2D eigenvalue weighted by Gasteiger charge is 2.35. The standard InChI is InChI=1S/C15H28N2O2/c1-4-12-9-17(7-6-14(12)16-5-2)15(18)13-8-11(3)19-10-13/h11-14,16H,4-10H2,1-3H3. The number of carbonyl (C=O) groups is 1. The molecule has 2 aliphatic heterocycles. The van der Waals surface area contributed by atoms with Crippen LogP contribution in [0.4, 0.5) is 0 Å². The number of carbonyl (C=O) groups excluding carboxylic acids is 1. The number of nitrogens with zero attached hydrogens (tertiary/aromatic N) is 1. The van der Waals surface area contributed by atoms with E-state index >= 15 is 0 Å². The van der Waals surface area contributed by atoms with Gasteiger partial charge in [-0.1, -0.05) is 20.3 Å². The van der Waals surface area contributed by atoms with Gasteiger partial charge in [0.2, 0.25) is 5.91 Å². The van der Waals surface area contributed by atoms with E-state index in [0.717, 1.165) is 38.9 Å². The van der Waals surface area contributed by atoms with E-state index in [2.05, 4.69) is 31.0 Å². The molecule has 2 heterocycles. The maximum atomic E-state index is 12.5. The third-order valence-electron chi connectivity index (χ3n) is 4.58. The lowest BCUT2D eigenvalue weighted by molar-refractivity contribution is -0.137. The van der Waals surface area contributed by atoms with Crippen molar-refractivity contribution in [2.24, 2.45) is 11.8 Å². The molecule has 0 aromatic rings. The van der Waals surface area contributed by atoms with Crippen molar-refractivity contribution in [2.75, 3.05) is 26.2 Å². The molecular weight excluding hydrogens is 240 g/mol. The van der Waals surface area contributed by atoms with Crippen LogP contribution in [0.2, 0.25) is 0 Å². The Bertz CT molecular complexity index is 309. The second-order valence-electron chi connectivity index (χ2n) is 5.98. The Morgan fingerprint density at radius 2 is 2.21 bits per heavy atom. The van der Waals surface area contributed by atoms with Crippen molar-refractivity contribution in [2.45, 2.75) is 52.2 Å². The molecule has 4 unspecified atom stereocenters. The molecule has 4 atom stereocenters. The highest BCUT2D eigenvalue weighted by Crippen LogP contribution is 2.26. The lowest BCUT2D eigenvalue weighted by Crippen LogP contribution is -2.52. The fourth-order valence-electron chi connectivity index (χ4n) is 3.42. The summed E-state index contributed by atoms with van der Waals surface area (Å²) in [6, 6.07) is 0.581. The minimum Gasteiger partial charge on any atom is -0.378 e. The third-order valence-corrected chi connectivity index (χ3v) is 4.58. The summed E-state index contributed by atoms with van der Waals surface area (Å²) >= 11 is 0. The van der Waals surface area contributed by atoms with E-state index in [1.54, 1.807) is 0 Å². The molecule has 19 heavy (non-hydrogen) atoms. The maximum Gasteiger partial charge on any atom is 0.228 e. The zero-order valence-corrected chi connectivity index (χ0v) is 12.5. The first-order chi connectivity index (χ1) is 9.15. The van der Waals surface area contributed by atoms with Gasteiger partial charge in [0.15, 0.2) is 0 Å². The van der Waals surface area contributed by atoms with Crippen LogP contribution in [0.15, 0.2) is 0 Å². The molecule has 110 valence electrons. The van der Waals surface area contributed by atoms with E-state index in [1.807, 2.05) is 0 Å². The molecule has 0 bridgehead atoms. The van der Waals surface area contributed by atoms with Gasteiger partial charge in [-0.3, -0.25) is 4.79 Å². The fraction of sp³-hybridized carbons (Fsp3) is 0.933. The van der Waals surface area contributed by atoms with Gasteiger partial charge in [0.1, 0.15) is 0 Å². The molecule has 0 radical (unpaired) electrons. The second-order valence-corrected chi connectivity index (χ2v) is 5.98. The summed E-state index contributed by atoms with van der Waals surface area (Å²) < 4.78 is 5.53. The number of ether oxygens (including phenoxy) is 1. The Hall–Kier alpha value is -0.610. The van der Waals surface area contributed by atoms with E-state index in [9.17, 15) is 4.79 Å². The van der Waals surface area contributed by atoms with Gasteiger partial charge in [-0.2, -0.15) is 0 Å². The van der Waals surface area contributed by atoms with Crippen molar-refractivity contribution in [3.63, 3.8) is 0 Å². The Labute approximate surface area is 116 Å². The lowest BCUT2D eigenvalue weighted by Gasteiger charge is -2.39. The summed E-state index contributed by atoms with van der Waals surface area (Å²) in [7, 11) is 0. The molecule has 4 nitrogen and oxygen atoms in total. The molecule has 4 heteroatoms. The van der Waals surface area contributed by atoms with Crippen LogP contribution < -0.4 is 5.32 Å². The Morgan fingerprint density at radius 1 is 1.42 bits per heavy atom. The van der Waals surface area contributed by atoms with E-state index in [-0.39, 0.29) is 12.0 Å². The van der Waals surface area contributed by atoms with Crippen LogP contribution in [-0.4, -0.2) is 49.2 Å². The van der Waals surface area contributed by atoms with E-state index in [1.165, 1.54) is 0 Å². The Balaban J connectivity index is 1.90. The molecule has 0 spiro atoms. The maximum absolute atomic E-state index is 12.5. The third kappa shape index (κ3) is 3.48. The number of nitrogens with one attached hydrogen (secondary N) is 1. The van der Waals surface area contributed by atoms with E-state index in [0.29, 0.717) is 24.5 Å². The van der Waals surface area contributed by atoms with Crippen molar-refractivity contribution < 1.29 is 9.53 Å². The summed E-state index contributed by atoms with van der Waals surface area (Å²) in [4.78, 5) is 14.6. The monoisotopic (exact) mass is 268 g/mol. The first-order valence-corrected chi connectivity index (χ1v) is 7.79. The highest BCUT2D eigenvalue weighted by atomic mass is 16.5. The van der Waals surface area contributed by atoms with Gasteiger partial charge in [0.05, 0.1) is 18.6 Å². The zero-order chi connectivity index (χ0) is 13.8. The summed E-state index contributed by atoms with van der Waals surface area (Å²) in [5.74, 6) is 1.01. The van der Waals surface area contributed by atoms with Gasteiger partial charge in [0.25, 0.3) is 0 Å². The summed E-state index contributed by atoms with van der Waals surface area (Å²) in [6.45, 7) is 9.88. The predicted octanol–water partition coefficient (Wildman–Crippen LogP) is 1.65. The van der Waals surface area contributed by atoms with Crippen molar-refractivity contribution in [1.29, 1.82) is 0 Å². The number of hydrogen-bond acceptors (Lipinski definition) is 3. The molecule has 2 saturated heterocycles. The highest BCUT2D eigenvalue weighted by molar-refractivity contribution is 5.79. The molecule has 2 rings (SSSR count). The average molecular weight is 268 g/mol. The number of piperidine rings is 1. The zero-order valence-electron chi connectivity index (χ0n) is 12.5. The molecule has 1 N–H and O–H groups in total. The largest absolute Gasteiger partial charge is 0.378 e. The summed E-state index contributed by atoms with van der Waals surface area (Å²) in [5, 5.41) is 3.56. The molecule has 2 fully saturated rings. The molecule has 0 aliphatic carbocycles. The van der Waals surface area contributed by atoms with E-state index < -0.39 is 0 Å². The average Bonchev–Trinajstić information content (AvgIpc) is 2.85. The van der Waals surface area contributed by atoms with Crippen LogP contribution >= 0.6 is 0 Å². The van der Waals surface area contributed by atoms with Gasteiger partial charge in [-0.25, -0.2) is 0 Å². The van der Waals surface area contributed by atoms with Crippen LogP contribution in [-0.2, 0) is 9.53 Å². The van der Waals surface area contributed by atoms with E-state index in [4.69, 9.17) is 4.74 Å². The van der Waals surface area contributed by atoms with Crippen LogP contribution in [0.1, 0.15) is 40.0 Å². The van der Waals surface area contributed by atoms with Gasteiger partial charge in [-0.15, -0.1) is 0 Å². The van der Waals surface area contributed by atoms with Crippen LogP contribution in [0.5, 0.6) is 0 Å². The van der Waals surface area contributed by atoms with Crippen molar-refractivity contribution in [3.8, 4) is 0 Å². The summed E-state index contributed by atoms with van der Waals surface area (Å²) in [5.41, 5.74) is 0. The normalized spacial score (nSPS) is 35.6. The van der Waals surface area contributed by atoms with Gasteiger partial charge < -0.3 is 15.0 Å². The van der Waals surface area contributed by atoms with Crippen molar-refractivity contribution >= 4 is 5.91 Å². The quantitative estimate of drug-likeness (QED) is 0.843. The minimum atomic E-state index is 0.100. The smallest absolute Gasteiger partial charge is 0.228 e.